The summed E-state index contributed by atoms with van der Waals surface area (Å²) in [5.41, 5.74) is 4.34. The molecule has 148 valence electrons. The van der Waals surface area contributed by atoms with Crippen LogP contribution < -0.4 is 9.47 Å². The van der Waals surface area contributed by atoms with Crippen molar-refractivity contribution in [2.24, 2.45) is 0 Å². The zero-order chi connectivity index (χ0) is 20.2. The lowest BCUT2D eigenvalue weighted by Crippen LogP contribution is -2.28. The first-order chi connectivity index (χ1) is 14.1. The quantitative estimate of drug-likeness (QED) is 0.632. The highest BCUT2D eigenvalue weighted by Gasteiger charge is 2.23. The number of hydrogen-bond acceptors (Lipinski definition) is 4. The number of nitrogens with zero attached hydrogens (tertiary/aromatic N) is 2. The van der Waals surface area contributed by atoms with Crippen LogP contribution in [0.25, 0.3) is 0 Å². The van der Waals surface area contributed by atoms with Gasteiger partial charge in [0, 0.05) is 38.3 Å². The van der Waals surface area contributed by atoms with Crippen LogP contribution in [0.2, 0.25) is 0 Å². The molecule has 1 aliphatic heterocycles. The number of fused-ring (bicyclic) bond motifs is 1. The van der Waals surface area contributed by atoms with Crippen molar-refractivity contribution in [2.45, 2.75) is 25.8 Å². The Kier molecular flexibility index (Phi) is 5.47. The van der Waals surface area contributed by atoms with Crippen LogP contribution in [0.1, 0.15) is 34.6 Å². The van der Waals surface area contributed by atoms with Gasteiger partial charge in [-0.1, -0.05) is 36.4 Å². The minimum absolute atomic E-state index is 0.0563. The Hall–Kier alpha value is -3.34. The number of carbonyl (C=O) groups is 1. The van der Waals surface area contributed by atoms with Gasteiger partial charge in [0.05, 0.1) is 0 Å². The number of carbonyl (C=O) groups excluding carboxylic acids is 1. The molecule has 0 saturated carbocycles. The van der Waals surface area contributed by atoms with E-state index in [0.29, 0.717) is 13.0 Å². The van der Waals surface area contributed by atoms with Gasteiger partial charge in [0.2, 0.25) is 12.7 Å². The summed E-state index contributed by atoms with van der Waals surface area (Å²) in [6.07, 6.45) is 3.97. The fourth-order valence-corrected chi connectivity index (χ4v) is 3.60. The van der Waals surface area contributed by atoms with Crippen molar-refractivity contribution in [2.75, 3.05) is 13.8 Å². The lowest BCUT2D eigenvalue weighted by atomic mass is 9.88. The summed E-state index contributed by atoms with van der Waals surface area (Å²) in [6.45, 7) is 2.82. The van der Waals surface area contributed by atoms with Crippen LogP contribution in [0.3, 0.4) is 0 Å². The van der Waals surface area contributed by atoms with Gasteiger partial charge >= 0.3 is 0 Å². The molecule has 29 heavy (non-hydrogen) atoms. The molecule has 0 radical (unpaired) electrons. The Bertz CT molecular complexity index is 1000. The van der Waals surface area contributed by atoms with Crippen LogP contribution in [0.4, 0.5) is 0 Å². The maximum atomic E-state index is 13.1. The van der Waals surface area contributed by atoms with E-state index in [1.807, 2.05) is 62.6 Å². The van der Waals surface area contributed by atoms with Crippen molar-refractivity contribution in [1.82, 2.24) is 9.88 Å². The molecule has 3 aromatic rings. The number of ether oxygens (including phenoxy) is 2. The van der Waals surface area contributed by atoms with Gasteiger partial charge in [-0.2, -0.15) is 0 Å². The number of amides is 1. The predicted octanol–water partition coefficient (Wildman–Crippen LogP) is 4.30. The molecule has 2 aromatic carbocycles. The smallest absolute Gasteiger partial charge is 0.231 e. The van der Waals surface area contributed by atoms with Crippen LogP contribution >= 0.6 is 0 Å². The fraction of sp³-hybridized carbons (Fsp3) is 0.250. The molecule has 0 saturated heterocycles. The summed E-state index contributed by atoms with van der Waals surface area (Å²) >= 11 is 0. The molecule has 1 amide bonds. The zero-order valence-corrected chi connectivity index (χ0v) is 16.7. The number of aromatic nitrogens is 1. The van der Waals surface area contributed by atoms with Gasteiger partial charge in [-0.3, -0.25) is 9.78 Å². The standard InChI is InChI=1S/C24H24N2O3/c1-17-14-25-11-10-20(17)15-26(2)24(27)13-21(18-6-4-3-5-7-18)19-8-9-22-23(12-19)29-16-28-22/h3-12,14,21H,13,15-16H2,1-2H3. The van der Waals surface area contributed by atoms with Crippen LogP contribution in [-0.4, -0.2) is 29.6 Å². The summed E-state index contributed by atoms with van der Waals surface area (Å²) < 4.78 is 11.0. The highest BCUT2D eigenvalue weighted by atomic mass is 16.7. The monoisotopic (exact) mass is 388 g/mol. The Labute approximate surface area is 170 Å². The van der Waals surface area contributed by atoms with E-state index in [-0.39, 0.29) is 18.6 Å². The van der Waals surface area contributed by atoms with Gasteiger partial charge in [-0.25, -0.2) is 0 Å². The molecule has 4 rings (SSSR count). The largest absolute Gasteiger partial charge is 0.454 e. The zero-order valence-electron chi connectivity index (χ0n) is 16.7. The molecule has 0 spiro atoms. The highest BCUT2D eigenvalue weighted by molar-refractivity contribution is 5.77. The van der Waals surface area contributed by atoms with Gasteiger partial charge < -0.3 is 14.4 Å². The molecular formula is C24H24N2O3. The second-order valence-electron chi connectivity index (χ2n) is 7.33. The highest BCUT2D eigenvalue weighted by Crippen LogP contribution is 2.37. The summed E-state index contributed by atoms with van der Waals surface area (Å²) in [5.74, 6) is 1.51. The van der Waals surface area contributed by atoms with E-state index in [1.54, 1.807) is 11.1 Å². The number of hydrogen-bond donors (Lipinski definition) is 0. The van der Waals surface area contributed by atoms with Crippen LogP contribution in [0, 0.1) is 6.92 Å². The van der Waals surface area contributed by atoms with Gasteiger partial charge in [0.1, 0.15) is 0 Å². The van der Waals surface area contributed by atoms with Gasteiger partial charge in [0.15, 0.2) is 11.5 Å². The lowest BCUT2D eigenvalue weighted by Gasteiger charge is -2.23. The van der Waals surface area contributed by atoms with E-state index < -0.39 is 0 Å². The number of benzene rings is 2. The lowest BCUT2D eigenvalue weighted by molar-refractivity contribution is -0.130. The molecule has 2 heterocycles. The molecule has 0 aliphatic carbocycles. The average molecular weight is 388 g/mol. The Morgan fingerprint density at radius 2 is 1.86 bits per heavy atom. The van der Waals surface area contributed by atoms with E-state index in [0.717, 1.165) is 33.8 Å². The topological polar surface area (TPSA) is 51.7 Å². The molecule has 1 atom stereocenters. The molecule has 0 N–H and O–H groups in total. The van der Waals surface area contributed by atoms with E-state index in [9.17, 15) is 4.79 Å². The first kappa shape index (κ1) is 19.0. The predicted molar refractivity (Wildman–Crippen MR) is 111 cm³/mol. The van der Waals surface area contributed by atoms with E-state index in [2.05, 4.69) is 17.1 Å². The summed E-state index contributed by atoms with van der Waals surface area (Å²) in [4.78, 5) is 19.0. The van der Waals surface area contributed by atoms with Gasteiger partial charge in [-0.15, -0.1) is 0 Å². The minimum atomic E-state index is -0.0563. The van der Waals surface area contributed by atoms with E-state index in [1.165, 1.54) is 0 Å². The molecular weight excluding hydrogens is 364 g/mol. The average Bonchev–Trinajstić information content (AvgIpc) is 3.22. The van der Waals surface area contributed by atoms with Crippen molar-refractivity contribution in [3.8, 4) is 11.5 Å². The van der Waals surface area contributed by atoms with Crippen molar-refractivity contribution < 1.29 is 14.3 Å². The van der Waals surface area contributed by atoms with Crippen LogP contribution in [0.5, 0.6) is 11.5 Å². The van der Waals surface area contributed by atoms with Crippen LogP contribution in [-0.2, 0) is 11.3 Å². The van der Waals surface area contributed by atoms with E-state index in [4.69, 9.17) is 9.47 Å². The van der Waals surface area contributed by atoms with Crippen molar-refractivity contribution in [1.29, 1.82) is 0 Å². The summed E-state index contributed by atoms with van der Waals surface area (Å²) in [5, 5.41) is 0. The maximum Gasteiger partial charge on any atom is 0.231 e. The normalized spacial score (nSPS) is 13.2. The third-order valence-electron chi connectivity index (χ3n) is 5.35. The molecule has 1 aliphatic rings. The van der Waals surface area contributed by atoms with E-state index >= 15 is 0 Å². The van der Waals surface area contributed by atoms with Crippen LogP contribution in [0.15, 0.2) is 67.0 Å². The summed E-state index contributed by atoms with van der Waals surface area (Å²) in [6, 6.07) is 18.0. The number of rotatable bonds is 6. The second-order valence-corrected chi connectivity index (χ2v) is 7.33. The number of pyridine rings is 1. The Morgan fingerprint density at radius 3 is 2.66 bits per heavy atom. The number of aryl methyl sites for hydroxylation is 1. The van der Waals surface area contributed by atoms with Crippen molar-refractivity contribution >= 4 is 5.91 Å². The molecule has 0 fully saturated rings. The third kappa shape index (κ3) is 4.24. The molecule has 5 nitrogen and oxygen atoms in total. The second kappa shape index (κ2) is 8.35. The molecule has 0 bridgehead atoms. The molecule has 1 aromatic heterocycles. The first-order valence-corrected chi connectivity index (χ1v) is 9.70. The molecule has 1 unspecified atom stereocenters. The third-order valence-corrected chi connectivity index (χ3v) is 5.35. The Balaban J connectivity index is 1.57. The fourth-order valence-electron chi connectivity index (χ4n) is 3.60. The molecule has 5 heteroatoms. The Morgan fingerprint density at radius 1 is 1.07 bits per heavy atom. The van der Waals surface area contributed by atoms with Crippen molar-refractivity contribution in [3.63, 3.8) is 0 Å². The summed E-state index contributed by atoms with van der Waals surface area (Å²) in [7, 11) is 1.85. The van der Waals surface area contributed by atoms with Gasteiger partial charge in [0.25, 0.3) is 0 Å². The minimum Gasteiger partial charge on any atom is -0.454 e. The van der Waals surface area contributed by atoms with Gasteiger partial charge in [-0.05, 0) is 47.4 Å². The first-order valence-electron chi connectivity index (χ1n) is 9.70. The maximum absolute atomic E-state index is 13.1. The SMILES string of the molecule is Cc1cnccc1CN(C)C(=O)CC(c1ccccc1)c1ccc2c(c1)OCO2. The van der Waals surface area contributed by atoms with Crippen molar-refractivity contribution in [3.05, 3.63) is 89.2 Å².